The second kappa shape index (κ2) is 11.2. The first-order valence-corrected chi connectivity index (χ1v) is 15.2. The summed E-state index contributed by atoms with van der Waals surface area (Å²) in [7, 11) is -1.79. The molecule has 0 aliphatic heterocycles. The molecule has 0 atom stereocenters. The van der Waals surface area contributed by atoms with E-state index in [1.165, 1.54) is 57.4 Å². The largest absolute Gasteiger partial charge is 0.544 e. The van der Waals surface area contributed by atoms with E-state index in [9.17, 15) is 0 Å². The predicted molar refractivity (Wildman–Crippen MR) is 120 cm³/mol. The van der Waals surface area contributed by atoms with E-state index in [2.05, 4.69) is 65.1 Å². The highest BCUT2D eigenvalue weighted by Gasteiger charge is 2.38. The number of hydrogen-bond acceptors (Lipinski definition) is 1. The SMILES string of the molecule is CCCCCCCCCC[SiH2]c1ccc(O[Si](C)(C)C(C)(C)C)cc1. The van der Waals surface area contributed by atoms with Crippen LogP contribution in [0.2, 0.25) is 24.2 Å². The summed E-state index contributed by atoms with van der Waals surface area (Å²) >= 11 is 0. The molecule has 25 heavy (non-hydrogen) atoms. The van der Waals surface area contributed by atoms with Gasteiger partial charge in [0.25, 0.3) is 0 Å². The van der Waals surface area contributed by atoms with Gasteiger partial charge in [0.05, 0.1) is 9.52 Å². The Morgan fingerprint density at radius 2 is 1.36 bits per heavy atom. The molecule has 1 nitrogen and oxygen atoms in total. The molecule has 0 saturated heterocycles. The topological polar surface area (TPSA) is 9.23 Å². The Morgan fingerprint density at radius 1 is 0.840 bits per heavy atom. The lowest BCUT2D eigenvalue weighted by Gasteiger charge is -2.36. The molecule has 0 aliphatic carbocycles. The van der Waals surface area contributed by atoms with Crippen LogP contribution in [0.3, 0.4) is 0 Å². The molecule has 0 radical (unpaired) electrons. The summed E-state index contributed by atoms with van der Waals surface area (Å²) in [6, 6.07) is 10.5. The number of hydrogen-bond donors (Lipinski definition) is 0. The van der Waals surface area contributed by atoms with E-state index in [-0.39, 0.29) is 14.6 Å². The van der Waals surface area contributed by atoms with Crippen molar-refractivity contribution in [2.45, 2.75) is 103 Å². The van der Waals surface area contributed by atoms with Gasteiger partial charge in [0.2, 0.25) is 8.32 Å². The van der Waals surface area contributed by atoms with E-state index in [1.54, 1.807) is 5.19 Å². The minimum absolute atomic E-state index is 0.0884. The molecule has 0 amide bonds. The quantitative estimate of drug-likeness (QED) is 0.301. The van der Waals surface area contributed by atoms with Gasteiger partial charge < -0.3 is 4.43 Å². The summed E-state index contributed by atoms with van der Waals surface area (Å²) in [6.45, 7) is 13.8. The molecule has 1 aromatic rings. The Labute approximate surface area is 160 Å². The second-order valence-corrected chi connectivity index (χ2v) is 15.8. The van der Waals surface area contributed by atoms with Crippen LogP contribution in [0.25, 0.3) is 0 Å². The standard InChI is InChI=1S/C22H42OSi2/c1-7-8-9-10-11-12-13-14-19-24-21-17-15-20(16-18-21)23-25(5,6)22(2,3)4/h15-18H,7-14,19,24H2,1-6H3. The minimum atomic E-state index is -1.70. The van der Waals surface area contributed by atoms with Crippen molar-refractivity contribution in [3.8, 4) is 5.75 Å². The van der Waals surface area contributed by atoms with Crippen LogP contribution in [0.5, 0.6) is 5.75 Å². The molecule has 0 bridgehead atoms. The maximum atomic E-state index is 6.37. The molecule has 1 rings (SSSR count). The van der Waals surface area contributed by atoms with Gasteiger partial charge in [-0.2, -0.15) is 0 Å². The highest BCUT2D eigenvalue weighted by molar-refractivity contribution is 6.74. The monoisotopic (exact) mass is 378 g/mol. The van der Waals surface area contributed by atoms with Crippen molar-refractivity contribution >= 4 is 23.0 Å². The average Bonchev–Trinajstić information content (AvgIpc) is 2.53. The molecule has 144 valence electrons. The van der Waals surface area contributed by atoms with Crippen LogP contribution in [-0.4, -0.2) is 17.8 Å². The van der Waals surface area contributed by atoms with Gasteiger partial charge in [0.15, 0.2) is 0 Å². The third-order valence-electron chi connectivity index (χ3n) is 5.67. The zero-order valence-electron chi connectivity index (χ0n) is 17.8. The van der Waals surface area contributed by atoms with Crippen LogP contribution in [0.4, 0.5) is 0 Å². The van der Waals surface area contributed by atoms with Gasteiger partial charge in [-0.3, -0.25) is 0 Å². The Kier molecular flexibility index (Phi) is 10.1. The van der Waals surface area contributed by atoms with Crippen LogP contribution in [-0.2, 0) is 0 Å². The molecular formula is C22H42OSi2. The van der Waals surface area contributed by atoms with E-state index in [4.69, 9.17) is 4.43 Å². The van der Waals surface area contributed by atoms with Crippen LogP contribution >= 0.6 is 0 Å². The highest BCUT2D eigenvalue weighted by atomic mass is 28.4. The Bertz CT molecular complexity index is 460. The van der Waals surface area contributed by atoms with Crippen LogP contribution < -0.4 is 9.61 Å². The first-order chi connectivity index (χ1) is 11.8. The fourth-order valence-electron chi connectivity index (χ4n) is 2.81. The lowest BCUT2D eigenvalue weighted by Crippen LogP contribution is -2.43. The Hall–Kier alpha value is -0.546. The van der Waals surface area contributed by atoms with E-state index in [0.29, 0.717) is 0 Å². The first-order valence-electron chi connectivity index (χ1n) is 10.5. The third-order valence-corrected chi connectivity index (χ3v) is 11.9. The van der Waals surface area contributed by atoms with Crippen LogP contribution in [0.1, 0.15) is 79.1 Å². The van der Waals surface area contributed by atoms with Crippen LogP contribution in [0.15, 0.2) is 24.3 Å². The van der Waals surface area contributed by atoms with Crippen molar-refractivity contribution in [1.82, 2.24) is 0 Å². The van der Waals surface area contributed by atoms with E-state index < -0.39 is 8.32 Å². The molecule has 0 saturated carbocycles. The normalized spacial score (nSPS) is 12.9. The maximum Gasteiger partial charge on any atom is 0.250 e. The summed E-state index contributed by atoms with van der Waals surface area (Å²) in [5.74, 6) is 1.07. The number of benzene rings is 1. The van der Waals surface area contributed by atoms with Gasteiger partial charge in [-0.15, -0.1) is 0 Å². The summed E-state index contributed by atoms with van der Waals surface area (Å²) in [5, 5.41) is 1.85. The van der Waals surface area contributed by atoms with E-state index in [1.807, 2.05) is 0 Å². The second-order valence-electron chi connectivity index (χ2n) is 9.08. The van der Waals surface area contributed by atoms with E-state index >= 15 is 0 Å². The van der Waals surface area contributed by atoms with Crippen molar-refractivity contribution in [2.24, 2.45) is 0 Å². The number of rotatable bonds is 12. The molecule has 0 spiro atoms. The molecule has 3 heteroatoms. The van der Waals surface area contributed by atoms with Crippen molar-refractivity contribution in [3.63, 3.8) is 0 Å². The summed E-state index contributed by atoms with van der Waals surface area (Å²) in [4.78, 5) is 0. The fourth-order valence-corrected chi connectivity index (χ4v) is 5.42. The molecule has 0 aromatic heterocycles. The Morgan fingerprint density at radius 3 is 1.88 bits per heavy atom. The van der Waals surface area contributed by atoms with Gasteiger partial charge in [-0.05, 0) is 30.3 Å². The minimum Gasteiger partial charge on any atom is -0.544 e. The third kappa shape index (κ3) is 9.09. The Balaban J connectivity index is 2.22. The summed E-state index contributed by atoms with van der Waals surface area (Å²) < 4.78 is 6.37. The van der Waals surface area contributed by atoms with Crippen molar-refractivity contribution in [2.75, 3.05) is 0 Å². The van der Waals surface area contributed by atoms with Gasteiger partial charge in [-0.1, -0.05) is 102 Å². The van der Waals surface area contributed by atoms with E-state index in [0.717, 1.165) is 5.75 Å². The van der Waals surface area contributed by atoms with Gasteiger partial charge in [0.1, 0.15) is 5.75 Å². The average molecular weight is 379 g/mol. The zero-order valence-corrected chi connectivity index (χ0v) is 20.2. The summed E-state index contributed by atoms with van der Waals surface area (Å²) in [6.07, 6.45) is 11.4. The maximum absolute atomic E-state index is 6.37. The van der Waals surface area contributed by atoms with Gasteiger partial charge in [-0.25, -0.2) is 0 Å². The fraction of sp³-hybridized carbons (Fsp3) is 0.727. The molecular weight excluding hydrogens is 336 g/mol. The molecule has 0 fully saturated rings. The highest BCUT2D eigenvalue weighted by Crippen LogP contribution is 2.37. The van der Waals surface area contributed by atoms with Gasteiger partial charge in [0, 0.05) is 0 Å². The predicted octanol–water partition coefficient (Wildman–Crippen LogP) is 6.42. The lowest BCUT2D eigenvalue weighted by atomic mass is 10.1. The lowest BCUT2D eigenvalue weighted by molar-refractivity contribution is 0.492. The first kappa shape index (κ1) is 22.5. The molecule has 0 unspecified atom stereocenters. The molecule has 0 heterocycles. The molecule has 0 N–H and O–H groups in total. The number of unbranched alkanes of at least 4 members (excludes halogenated alkanes) is 7. The van der Waals surface area contributed by atoms with Crippen LogP contribution in [0, 0.1) is 0 Å². The van der Waals surface area contributed by atoms with Crippen molar-refractivity contribution < 1.29 is 4.43 Å². The molecule has 1 aromatic carbocycles. The van der Waals surface area contributed by atoms with Gasteiger partial charge >= 0.3 is 0 Å². The zero-order chi connectivity index (χ0) is 18.8. The molecule has 0 aliphatic rings. The van der Waals surface area contributed by atoms with Crippen molar-refractivity contribution in [1.29, 1.82) is 0 Å². The summed E-state index contributed by atoms with van der Waals surface area (Å²) in [5.41, 5.74) is 0. The van der Waals surface area contributed by atoms with Crippen molar-refractivity contribution in [3.05, 3.63) is 24.3 Å². The smallest absolute Gasteiger partial charge is 0.250 e.